The maximum Gasteiger partial charge on any atom is 0.417 e. The third-order valence-electron chi connectivity index (χ3n) is 2.83. The summed E-state index contributed by atoms with van der Waals surface area (Å²) in [6, 6.07) is 11.6. The van der Waals surface area contributed by atoms with Crippen LogP contribution in [0.4, 0.5) is 10.1 Å². The van der Waals surface area contributed by atoms with Gasteiger partial charge in [-0.3, -0.25) is 4.98 Å². The highest BCUT2D eigenvalue weighted by Gasteiger charge is 2.02. The molecule has 1 heterocycles. The summed E-state index contributed by atoms with van der Waals surface area (Å²) >= 11 is 0. The number of hydrogen-bond acceptors (Lipinski definition) is 3. The molecule has 0 spiro atoms. The second-order valence-corrected chi connectivity index (χ2v) is 4.21. The molecule has 3 rings (SSSR count). The van der Waals surface area contributed by atoms with Crippen molar-refractivity contribution >= 4 is 16.8 Å². The zero-order valence-corrected chi connectivity index (χ0v) is 9.94. The van der Waals surface area contributed by atoms with E-state index in [4.69, 9.17) is 4.42 Å². The highest BCUT2D eigenvalue weighted by molar-refractivity contribution is 5.76. The van der Waals surface area contributed by atoms with Gasteiger partial charge in [-0.1, -0.05) is 12.1 Å². The third-order valence-corrected chi connectivity index (χ3v) is 2.83. The molecule has 2 N–H and O–H groups in total. The minimum Gasteiger partial charge on any atom is -0.408 e. The second-order valence-electron chi connectivity index (χ2n) is 4.21. The summed E-state index contributed by atoms with van der Waals surface area (Å²) in [5.41, 5.74) is 3.00. The van der Waals surface area contributed by atoms with E-state index < -0.39 is 5.76 Å². The lowest BCUT2D eigenvalue weighted by atomic mass is 10.2. The molecule has 0 atom stereocenters. The van der Waals surface area contributed by atoms with Crippen LogP contribution in [0.25, 0.3) is 11.1 Å². The predicted molar refractivity (Wildman–Crippen MR) is 70.6 cm³/mol. The lowest BCUT2D eigenvalue weighted by Gasteiger charge is -2.06. The molecule has 0 aliphatic rings. The number of hydrogen-bond donors (Lipinski definition) is 2. The molecular formula is C14H11FN2O2. The number of halogens is 1. The predicted octanol–water partition coefficient (Wildman–Crippen LogP) is 2.87. The van der Waals surface area contributed by atoms with Gasteiger partial charge >= 0.3 is 5.76 Å². The molecule has 96 valence electrons. The average Bonchev–Trinajstić information content (AvgIpc) is 2.77. The molecule has 3 aromatic rings. The van der Waals surface area contributed by atoms with Gasteiger partial charge in [0.25, 0.3) is 0 Å². The fourth-order valence-electron chi connectivity index (χ4n) is 1.87. The van der Waals surface area contributed by atoms with Crippen molar-refractivity contribution in [1.29, 1.82) is 0 Å². The van der Waals surface area contributed by atoms with Gasteiger partial charge in [-0.25, -0.2) is 9.18 Å². The van der Waals surface area contributed by atoms with E-state index in [1.165, 1.54) is 12.1 Å². The Morgan fingerprint density at radius 3 is 2.74 bits per heavy atom. The number of aromatic amines is 1. The van der Waals surface area contributed by atoms with Gasteiger partial charge < -0.3 is 9.73 Å². The summed E-state index contributed by atoms with van der Waals surface area (Å²) in [5.74, 6) is -0.716. The third kappa shape index (κ3) is 2.49. The first kappa shape index (κ1) is 11.5. The Kier molecular flexibility index (Phi) is 2.79. The second kappa shape index (κ2) is 4.61. The summed E-state index contributed by atoms with van der Waals surface area (Å²) in [7, 11) is 0. The smallest absolute Gasteiger partial charge is 0.408 e. The van der Waals surface area contributed by atoms with Crippen LogP contribution in [0.2, 0.25) is 0 Å². The number of fused-ring (bicyclic) bond motifs is 1. The van der Waals surface area contributed by atoms with Crippen LogP contribution < -0.4 is 11.1 Å². The van der Waals surface area contributed by atoms with E-state index in [1.54, 1.807) is 24.3 Å². The summed E-state index contributed by atoms with van der Waals surface area (Å²) in [5, 5.41) is 3.20. The van der Waals surface area contributed by atoms with Crippen LogP contribution in [-0.2, 0) is 6.54 Å². The molecule has 0 radical (unpaired) electrons. The number of anilines is 1. The van der Waals surface area contributed by atoms with E-state index in [-0.39, 0.29) is 5.82 Å². The van der Waals surface area contributed by atoms with Crippen molar-refractivity contribution in [2.24, 2.45) is 0 Å². The molecule has 5 heteroatoms. The van der Waals surface area contributed by atoms with E-state index >= 15 is 0 Å². The Hall–Kier alpha value is -2.56. The number of H-pyrrole nitrogens is 1. The van der Waals surface area contributed by atoms with Gasteiger partial charge in [0.1, 0.15) is 5.82 Å². The summed E-state index contributed by atoms with van der Waals surface area (Å²) in [6.45, 7) is 0.577. The number of rotatable bonds is 3. The molecule has 0 aliphatic carbocycles. The van der Waals surface area contributed by atoms with Crippen molar-refractivity contribution in [2.75, 3.05) is 5.32 Å². The van der Waals surface area contributed by atoms with Crippen LogP contribution in [0, 0.1) is 5.82 Å². The van der Waals surface area contributed by atoms with Gasteiger partial charge in [0.15, 0.2) is 5.58 Å². The molecule has 0 unspecified atom stereocenters. The van der Waals surface area contributed by atoms with Gasteiger partial charge in [0.2, 0.25) is 0 Å². The summed E-state index contributed by atoms with van der Waals surface area (Å²) in [6.07, 6.45) is 0. The topological polar surface area (TPSA) is 58.0 Å². The number of aromatic nitrogens is 1. The molecule has 19 heavy (non-hydrogen) atoms. The van der Waals surface area contributed by atoms with E-state index in [0.717, 1.165) is 11.3 Å². The molecular weight excluding hydrogens is 247 g/mol. The van der Waals surface area contributed by atoms with E-state index in [9.17, 15) is 9.18 Å². The largest absolute Gasteiger partial charge is 0.417 e. The van der Waals surface area contributed by atoms with Crippen molar-refractivity contribution in [1.82, 2.24) is 4.98 Å². The van der Waals surface area contributed by atoms with Crippen molar-refractivity contribution in [3.8, 4) is 0 Å². The van der Waals surface area contributed by atoms with Crippen molar-refractivity contribution in [3.63, 3.8) is 0 Å². The maximum absolute atomic E-state index is 12.8. The Morgan fingerprint density at radius 2 is 1.95 bits per heavy atom. The van der Waals surface area contributed by atoms with Crippen molar-refractivity contribution in [2.45, 2.75) is 6.54 Å². The molecule has 0 aliphatic heterocycles. The van der Waals surface area contributed by atoms with Crippen LogP contribution in [-0.4, -0.2) is 4.98 Å². The van der Waals surface area contributed by atoms with Crippen molar-refractivity contribution < 1.29 is 8.81 Å². The quantitative estimate of drug-likeness (QED) is 0.759. The first-order valence-electron chi connectivity index (χ1n) is 5.82. The lowest BCUT2D eigenvalue weighted by Crippen LogP contribution is -1.99. The van der Waals surface area contributed by atoms with Crippen molar-refractivity contribution in [3.05, 3.63) is 64.4 Å². The monoisotopic (exact) mass is 258 g/mol. The molecule has 1 aromatic heterocycles. The Balaban J connectivity index is 1.77. The van der Waals surface area contributed by atoms with Gasteiger partial charge in [-0.2, -0.15) is 0 Å². The SMILES string of the molecule is O=c1[nH]c2cc(NCc3ccc(F)cc3)ccc2o1. The molecule has 0 bridgehead atoms. The zero-order chi connectivity index (χ0) is 13.2. The van der Waals surface area contributed by atoms with E-state index in [0.29, 0.717) is 17.6 Å². The van der Waals surface area contributed by atoms with Crippen LogP contribution in [0.15, 0.2) is 51.7 Å². The van der Waals surface area contributed by atoms with Gasteiger partial charge in [-0.05, 0) is 35.9 Å². The Morgan fingerprint density at radius 1 is 1.16 bits per heavy atom. The fourth-order valence-corrected chi connectivity index (χ4v) is 1.87. The molecule has 0 fully saturated rings. The highest BCUT2D eigenvalue weighted by atomic mass is 19.1. The summed E-state index contributed by atoms with van der Waals surface area (Å²) in [4.78, 5) is 13.6. The average molecular weight is 258 g/mol. The first-order chi connectivity index (χ1) is 9.20. The number of oxazole rings is 1. The summed E-state index contributed by atoms with van der Waals surface area (Å²) < 4.78 is 17.7. The van der Waals surface area contributed by atoms with E-state index in [1.807, 2.05) is 6.07 Å². The Bertz CT molecular complexity index is 759. The molecule has 4 nitrogen and oxygen atoms in total. The molecule has 0 saturated heterocycles. The lowest BCUT2D eigenvalue weighted by molar-refractivity contribution is 0.555. The normalized spacial score (nSPS) is 10.8. The minimum absolute atomic E-state index is 0.249. The number of benzene rings is 2. The standard InChI is InChI=1S/C14H11FN2O2/c15-10-3-1-9(2-4-10)8-16-11-5-6-13-12(7-11)17-14(18)19-13/h1-7,16H,8H2,(H,17,18). The zero-order valence-electron chi connectivity index (χ0n) is 9.94. The molecule has 0 saturated carbocycles. The van der Waals surface area contributed by atoms with Gasteiger partial charge in [0, 0.05) is 12.2 Å². The van der Waals surface area contributed by atoms with E-state index in [2.05, 4.69) is 10.3 Å². The number of nitrogens with one attached hydrogen (secondary N) is 2. The molecule has 0 amide bonds. The van der Waals surface area contributed by atoms with Crippen LogP contribution in [0.1, 0.15) is 5.56 Å². The van der Waals surface area contributed by atoms with Crippen LogP contribution >= 0.6 is 0 Å². The van der Waals surface area contributed by atoms with Gasteiger partial charge in [-0.15, -0.1) is 0 Å². The first-order valence-corrected chi connectivity index (χ1v) is 5.82. The fraction of sp³-hybridized carbons (Fsp3) is 0.0714. The molecule has 2 aromatic carbocycles. The van der Waals surface area contributed by atoms with Gasteiger partial charge in [0.05, 0.1) is 5.52 Å². The van der Waals surface area contributed by atoms with Crippen LogP contribution in [0.5, 0.6) is 0 Å². The Labute approximate surface area is 107 Å². The van der Waals surface area contributed by atoms with Crippen LogP contribution in [0.3, 0.4) is 0 Å². The maximum atomic E-state index is 12.8. The minimum atomic E-state index is -0.467. The highest BCUT2D eigenvalue weighted by Crippen LogP contribution is 2.17.